The number of imidazole rings is 1. The van der Waals surface area contributed by atoms with Gasteiger partial charge in [0.25, 0.3) is 5.91 Å². The number of nitrogens with zero attached hydrogens (tertiary/aromatic N) is 5. The van der Waals surface area contributed by atoms with Gasteiger partial charge in [0.2, 0.25) is 11.7 Å². The van der Waals surface area contributed by atoms with Gasteiger partial charge in [0, 0.05) is 30.5 Å². The van der Waals surface area contributed by atoms with E-state index in [1.807, 2.05) is 19.1 Å². The average molecular weight is 433 g/mol. The van der Waals surface area contributed by atoms with Crippen LogP contribution in [0.4, 0.5) is 10.5 Å². The van der Waals surface area contributed by atoms with Crippen LogP contribution in [0, 0.1) is 6.92 Å². The van der Waals surface area contributed by atoms with Gasteiger partial charge < -0.3 is 19.5 Å². The molecule has 1 aromatic carbocycles. The fraction of sp³-hybridized carbons (Fsp3) is 0.227. The van der Waals surface area contributed by atoms with Crippen molar-refractivity contribution in [1.82, 2.24) is 24.4 Å². The molecule has 2 amide bonds. The molecule has 0 saturated carbocycles. The SMILES string of the molecule is [2H]c1ccc2ncc(C(=O)Nc3cc(-c4noc(C5CN(C(=O)OC)C5)n4)ccc3C)n2c1. The fourth-order valence-corrected chi connectivity index (χ4v) is 3.56. The van der Waals surface area contributed by atoms with Crippen molar-refractivity contribution in [3.63, 3.8) is 0 Å². The van der Waals surface area contributed by atoms with Gasteiger partial charge >= 0.3 is 6.09 Å². The number of likely N-dealkylation sites (tertiary alicyclic amines) is 1. The molecule has 1 aliphatic rings. The summed E-state index contributed by atoms with van der Waals surface area (Å²) in [5, 5.41) is 6.97. The number of amides is 2. The van der Waals surface area contributed by atoms with E-state index < -0.39 is 0 Å². The Morgan fingerprint density at radius 3 is 2.97 bits per heavy atom. The second-order valence-corrected chi connectivity index (χ2v) is 7.51. The van der Waals surface area contributed by atoms with Crippen molar-refractivity contribution >= 4 is 23.3 Å². The molecule has 1 N–H and O–H groups in total. The number of pyridine rings is 1. The zero-order valence-electron chi connectivity index (χ0n) is 18.4. The van der Waals surface area contributed by atoms with Crippen molar-refractivity contribution in [3.8, 4) is 11.4 Å². The summed E-state index contributed by atoms with van der Waals surface area (Å²) in [5.41, 5.74) is 3.05. The number of carbonyl (C=O) groups is 2. The van der Waals surface area contributed by atoms with Crippen LogP contribution in [0.3, 0.4) is 0 Å². The van der Waals surface area contributed by atoms with Crippen molar-refractivity contribution in [2.75, 3.05) is 25.5 Å². The maximum atomic E-state index is 12.9. The van der Waals surface area contributed by atoms with E-state index in [1.54, 1.807) is 33.7 Å². The van der Waals surface area contributed by atoms with Crippen molar-refractivity contribution in [2.24, 2.45) is 0 Å². The molecule has 1 saturated heterocycles. The third-order valence-corrected chi connectivity index (χ3v) is 5.44. The largest absolute Gasteiger partial charge is 0.453 e. The van der Waals surface area contributed by atoms with Crippen molar-refractivity contribution < 1.29 is 20.2 Å². The molecule has 1 fully saturated rings. The molecular weight excluding hydrogens is 412 g/mol. The lowest BCUT2D eigenvalue weighted by Gasteiger charge is -2.35. The van der Waals surface area contributed by atoms with Gasteiger partial charge in [-0.15, -0.1) is 0 Å². The van der Waals surface area contributed by atoms with E-state index in [1.165, 1.54) is 13.3 Å². The number of aromatic nitrogens is 4. The van der Waals surface area contributed by atoms with Gasteiger partial charge in [0.1, 0.15) is 11.3 Å². The Kier molecular flexibility index (Phi) is 4.52. The predicted molar refractivity (Wildman–Crippen MR) is 114 cm³/mol. The molecule has 5 rings (SSSR count). The second-order valence-electron chi connectivity index (χ2n) is 7.51. The van der Waals surface area contributed by atoms with E-state index in [0.29, 0.717) is 47.4 Å². The summed E-state index contributed by atoms with van der Waals surface area (Å²) in [4.78, 5) is 34.7. The summed E-state index contributed by atoms with van der Waals surface area (Å²) in [5.74, 6) is 0.463. The quantitative estimate of drug-likeness (QED) is 0.526. The normalized spacial score (nSPS) is 14.2. The first-order valence-electron chi connectivity index (χ1n) is 10.5. The molecule has 0 radical (unpaired) electrons. The highest BCUT2D eigenvalue weighted by Crippen LogP contribution is 2.29. The molecule has 4 heterocycles. The van der Waals surface area contributed by atoms with Crippen LogP contribution >= 0.6 is 0 Å². The van der Waals surface area contributed by atoms with E-state index in [0.717, 1.165) is 5.56 Å². The highest BCUT2D eigenvalue weighted by Gasteiger charge is 2.36. The van der Waals surface area contributed by atoms with Crippen LogP contribution in [0.2, 0.25) is 0 Å². The Balaban J connectivity index is 1.35. The minimum atomic E-state index is -0.380. The summed E-state index contributed by atoms with van der Waals surface area (Å²) in [6, 6.07) is 9.07. The highest BCUT2D eigenvalue weighted by molar-refractivity contribution is 6.04. The lowest BCUT2D eigenvalue weighted by atomic mass is 10.0. The molecule has 0 atom stereocenters. The molecular formula is C22H20N6O4. The van der Waals surface area contributed by atoms with Crippen LogP contribution in [-0.4, -0.2) is 56.6 Å². The van der Waals surface area contributed by atoms with Gasteiger partial charge in [-0.2, -0.15) is 4.98 Å². The van der Waals surface area contributed by atoms with E-state index in [9.17, 15) is 9.59 Å². The summed E-state index contributed by atoms with van der Waals surface area (Å²) < 4.78 is 19.5. The molecule has 3 aromatic heterocycles. The summed E-state index contributed by atoms with van der Waals surface area (Å²) >= 11 is 0. The third kappa shape index (κ3) is 3.45. The Morgan fingerprint density at radius 1 is 1.31 bits per heavy atom. The first kappa shape index (κ1) is 18.6. The Morgan fingerprint density at radius 2 is 2.16 bits per heavy atom. The van der Waals surface area contributed by atoms with Crippen molar-refractivity contribution in [2.45, 2.75) is 12.8 Å². The number of carbonyl (C=O) groups excluding carboxylic acids is 2. The molecule has 32 heavy (non-hydrogen) atoms. The topological polar surface area (TPSA) is 115 Å². The number of fused-ring (bicyclic) bond motifs is 1. The summed E-state index contributed by atoms with van der Waals surface area (Å²) in [7, 11) is 1.34. The summed E-state index contributed by atoms with van der Waals surface area (Å²) in [6.07, 6.45) is 2.64. The Hall–Kier alpha value is -4.21. The van der Waals surface area contributed by atoms with Crippen LogP contribution in [0.15, 0.2) is 53.3 Å². The highest BCUT2D eigenvalue weighted by atomic mass is 16.5. The number of hydrogen-bond donors (Lipinski definition) is 1. The molecule has 1 aliphatic heterocycles. The van der Waals surface area contributed by atoms with Gasteiger partial charge in [-0.05, 0) is 30.7 Å². The molecule has 0 aliphatic carbocycles. The average Bonchev–Trinajstić information content (AvgIpc) is 3.41. The number of benzene rings is 1. The standard InChI is InChI=1S/C22H20N6O4/c1-13-6-7-14(19-25-21(32-26-19)15-11-27(12-15)22(30)31-2)9-16(13)24-20(29)17-10-23-18-5-3-4-8-28(17)18/h3-10,15H,11-12H2,1-2H3,(H,24,29)/i4D. The lowest BCUT2D eigenvalue weighted by molar-refractivity contribution is 0.0804. The van der Waals surface area contributed by atoms with Crippen LogP contribution in [0.25, 0.3) is 17.0 Å². The van der Waals surface area contributed by atoms with Gasteiger partial charge in [0.05, 0.1) is 20.6 Å². The monoisotopic (exact) mass is 433 g/mol. The summed E-state index contributed by atoms with van der Waals surface area (Å²) in [6.45, 7) is 2.80. The van der Waals surface area contributed by atoms with Crippen molar-refractivity contribution in [1.29, 1.82) is 0 Å². The molecule has 0 bridgehead atoms. The number of rotatable bonds is 4. The van der Waals surface area contributed by atoms with Crippen LogP contribution in [0.1, 0.15) is 29.2 Å². The van der Waals surface area contributed by atoms with E-state index >= 15 is 0 Å². The van der Waals surface area contributed by atoms with Gasteiger partial charge in [-0.1, -0.05) is 23.4 Å². The molecule has 10 heteroatoms. The Bertz CT molecular complexity index is 1370. The number of nitrogens with one attached hydrogen (secondary N) is 1. The Labute approximate surface area is 184 Å². The van der Waals surface area contributed by atoms with Gasteiger partial charge in [-0.25, -0.2) is 9.78 Å². The third-order valence-electron chi connectivity index (χ3n) is 5.44. The van der Waals surface area contributed by atoms with Gasteiger partial charge in [-0.3, -0.25) is 9.20 Å². The van der Waals surface area contributed by atoms with Crippen LogP contribution in [0.5, 0.6) is 0 Å². The minimum absolute atomic E-state index is 0.0351. The maximum absolute atomic E-state index is 12.9. The number of ether oxygens (including phenoxy) is 1. The van der Waals surface area contributed by atoms with Crippen molar-refractivity contribution in [3.05, 3.63) is 65.9 Å². The zero-order valence-corrected chi connectivity index (χ0v) is 17.4. The smallest absolute Gasteiger partial charge is 0.409 e. The number of anilines is 1. The zero-order chi connectivity index (χ0) is 23.1. The van der Waals surface area contributed by atoms with Gasteiger partial charge in [0.15, 0.2) is 0 Å². The molecule has 4 aromatic rings. The first-order chi connectivity index (χ1) is 15.9. The van der Waals surface area contributed by atoms with E-state index in [2.05, 4.69) is 20.4 Å². The van der Waals surface area contributed by atoms with E-state index in [4.69, 9.17) is 10.6 Å². The van der Waals surface area contributed by atoms with Crippen LogP contribution in [-0.2, 0) is 4.74 Å². The second kappa shape index (κ2) is 7.80. The van der Waals surface area contributed by atoms with E-state index in [-0.39, 0.29) is 24.0 Å². The molecule has 10 nitrogen and oxygen atoms in total. The van der Waals surface area contributed by atoms with Crippen LogP contribution < -0.4 is 5.32 Å². The molecule has 0 unspecified atom stereocenters. The fourth-order valence-electron chi connectivity index (χ4n) is 3.56. The minimum Gasteiger partial charge on any atom is -0.453 e. The molecule has 0 spiro atoms. The lowest BCUT2D eigenvalue weighted by Crippen LogP contribution is -2.48. The number of aryl methyl sites for hydroxylation is 1. The molecule has 162 valence electrons. The predicted octanol–water partition coefficient (Wildman–Crippen LogP) is 3.11. The number of methoxy groups -OCH3 is 1. The first-order valence-corrected chi connectivity index (χ1v) is 9.95. The maximum Gasteiger partial charge on any atom is 0.409 e. The number of hydrogen-bond acceptors (Lipinski definition) is 7.